The number of nitrogens with zero attached hydrogens (tertiary/aromatic N) is 3. The van der Waals surface area contributed by atoms with Crippen LogP contribution in [-0.2, 0) is 27.4 Å². The molecule has 8 nitrogen and oxygen atoms in total. The van der Waals surface area contributed by atoms with E-state index in [0.717, 1.165) is 36.4 Å². The van der Waals surface area contributed by atoms with Gasteiger partial charge in [0.25, 0.3) is 0 Å². The summed E-state index contributed by atoms with van der Waals surface area (Å²) in [6.45, 7) is 5.19. The predicted molar refractivity (Wildman–Crippen MR) is 132 cm³/mol. The number of carbonyl (C=O) groups is 3. The molecule has 0 spiro atoms. The van der Waals surface area contributed by atoms with Crippen molar-refractivity contribution in [3.63, 3.8) is 0 Å². The molecule has 1 fully saturated rings. The highest BCUT2D eigenvalue weighted by molar-refractivity contribution is 7.09. The average Bonchev–Trinajstić information content (AvgIpc) is 3.55. The first kappa shape index (κ1) is 26.6. The van der Waals surface area contributed by atoms with Crippen LogP contribution >= 0.6 is 11.3 Å². The van der Waals surface area contributed by atoms with Crippen LogP contribution in [0, 0.1) is 5.82 Å². The first-order chi connectivity index (χ1) is 16.9. The SMILES string of the molecule is CCOC(=O)CNC(=O)N(CCN1CCCC1)CC(=O)N(Cc1ccc(F)cc1)Cc1cccs1. The number of urea groups is 1. The third-order valence-electron chi connectivity index (χ3n) is 5.75. The topological polar surface area (TPSA) is 82.2 Å². The van der Waals surface area contributed by atoms with E-state index < -0.39 is 12.0 Å². The Morgan fingerprint density at radius 3 is 2.49 bits per heavy atom. The molecule has 0 saturated carbocycles. The molecule has 0 atom stereocenters. The molecule has 0 radical (unpaired) electrons. The Bertz CT molecular complexity index is 949. The first-order valence-corrected chi connectivity index (χ1v) is 12.8. The lowest BCUT2D eigenvalue weighted by Crippen LogP contribution is -2.49. The van der Waals surface area contributed by atoms with Gasteiger partial charge in [-0.2, -0.15) is 0 Å². The molecule has 3 rings (SSSR count). The van der Waals surface area contributed by atoms with E-state index in [1.807, 2.05) is 17.5 Å². The molecule has 35 heavy (non-hydrogen) atoms. The fraction of sp³-hybridized carbons (Fsp3) is 0.480. The van der Waals surface area contributed by atoms with Crippen molar-refractivity contribution in [3.8, 4) is 0 Å². The van der Waals surface area contributed by atoms with Crippen molar-refractivity contribution in [1.82, 2.24) is 20.0 Å². The maximum absolute atomic E-state index is 13.4. The molecule has 10 heteroatoms. The zero-order chi connectivity index (χ0) is 25.0. The summed E-state index contributed by atoms with van der Waals surface area (Å²) in [4.78, 5) is 44.4. The predicted octanol–water partition coefficient (Wildman–Crippen LogP) is 3.09. The number of hydrogen-bond acceptors (Lipinski definition) is 6. The van der Waals surface area contributed by atoms with Crippen molar-refractivity contribution in [1.29, 1.82) is 0 Å². The number of benzene rings is 1. The van der Waals surface area contributed by atoms with E-state index in [2.05, 4.69) is 10.2 Å². The van der Waals surface area contributed by atoms with Crippen molar-refractivity contribution in [2.45, 2.75) is 32.9 Å². The van der Waals surface area contributed by atoms with Crippen molar-refractivity contribution in [3.05, 3.63) is 58.0 Å². The number of carbonyl (C=O) groups excluding carboxylic acids is 3. The zero-order valence-corrected chi connectivity index (χ0v) is 20.9. The number of amides is 3. The average molecular weight is 505 g/mol. The third kappa shape index (κ3) is 8.95. The van der Waals surface area contributed by atoms with E-state index >= 15 is 0 Å². The molecule has 0 unspecified atom stereocenters. The van der Waals surface area contributed by atoms with E-state index in [0.29, 0.717) is 26.2 Å². The fourth-order valence-electron chi connectivity index (χ4n) is 3.89. The van der Waals surface area contributed by atoms with Crippen LogP contribution in [0.1, 0.15) is 30.2 Å². The van der Waals surface area contributed by atoms with E-state index in [9.17, 15) is 18.8 Å². The van der Waals surface area contributed by atoms with Gasteiger partial charge in [-0.05, 0) is 62.0 Å². The highest BCUT2D eigenvalue weighted by Gasteiger charge is 2.24. The summed E-state index contributed by atoms with van der Waals surface area (Å²) in [6, 6.07) is 9.44. The van der Waals surface area contributed by atoms with Gasteiger partial charge in [-0.3, -0.25) is 9.59 Å². The Labute approximate surface area is 209 Å². The van der Waals surface area contributed by atoms with Gasteiger partial charge < -0.3 is 24.8 Å². The third-order valence-corrected chi connectivity index (χ3v) is 6.61. The minimum absolute atomic E-state index is 0.130. The van der Waals surface area contributed by atoms with Gasteiger partial charge >= 0.3 is 12.0 Å². The van der Waals surface area contributed by atoms with Gasteiger partial charge in [-0.1, -0.05) is 18.2 Å². The minimum atomic E-state index is -0.526. The molecule has 1 N–H and O–H groups in total. The van der Waals surface area contributed by atoms with Gasteiger partial charge in [-0.25, -0.2) is 9.18 Å². The zero-order valence-electron chi connectivity index (χ0n) is 20.1. The number of nitrogens with one attached hydrogen (secondary N) is 1. The molecular formula is C25H33FN4O4S. The van der Waals surface area contributed by atoms with Crippen molar-refractivity contribution < 1.29 is 23.5 Å². The molecular weight excluding hydrogens is 471 g/mol. The van der Waals surface area contributed by atoms with Crippen LogP contribution in [0.5, 0.6) is 0 Å². The molecule has 190 valence electrons. The largest absolute Gasteiger partial charge is 0.465 e. The summed E-state index contributed by atoms with van der Waals surface area (Å²) in [5, 5.41) is 4.52. The van der Waals surface area contributed by atoms with E-state index in [1.54, 1.807) is 35.3 Å². The quantitative estimate of drug-likeness (QED) is 0.449. The van der Waals surface area contributed by atoms with Crippen LogP contribution in [0.4, 0.5) is 9.18 Å². The van der Waals surface area contributed by atoms with Gasteiger partial charge in [0, 0.05) is 24.5 Å². The minimum Gasteiger partial charge on any atom is -0.465 e. The van der Waals surface area contributed by atoms with Gasteiger partial charge in [-0.15, -0.1) is 11.3 Å². The van der Waals surface area contributed by atoms with Gasteiger partial charge in [0.1, 0.15) is 18.9 Å². The molecule has 1 aromatic carbocycles. The summed E-state index contributed by atoms with van der Waals surface area (Å²) in [5.41, 5.74) is 0.798. The van der Waals surface area contributed by atoms with Crippen LogP contribution in [0.3, 0.4) is 0 Å². The fourth-order valence-corrected chi connectivity index (χ4v) is 4.61. The molecule has 1 aromatic heterocycles. The Morgan fingerprint density at radius 1 is 1.09 bits per heavy atom. The number of ether oxygens (including phenoxy) is 1. The Morgan fingerprint density at radius 2 is 1.83 bits per heavy atom. The van der Waals surface area contributed by atoms with E-state index in [-0.39, 0.29) is 31.4 Å². The van der Waals surface area contributed by atoms with E-state index in [1.165, 1.54) is 17.0 Å². The van der Waals surface area contributed by atoms with Gasteiger partial charge in [0.2, 0.25) is 5.91 Å². The van der Waals surface area contributed by atoms with Crippen LogP contribution in [0.15, 0.2) is 41.8 Å². The maximum Gasteiger partial charge on any atom is 0.325 e. The normalized spacial score (nSPS) is 13.4. The van der Waals surface area contributed by atoms with Crippen LogP contribution in [0.2, 0.25) is 0 Å². The smallest absolute Gasteiger partial charge is 0.325 e. The van der Waals surface area contributed by atoms with Gasteiger partial charge in [0.15, 0.2) is 0 Å². The number of hydrogen-bond donors (Lipinski definition) is 1. The number of halogens is 1. The standard InChI is InChI=1S/C25H33FN4O4S/c1-2-34-24(32)16-27-25(33)29(14-13-28-11-3-4-12-28)19-23(31)30(18-22-6-5-15-35-22)17-20-7-9-21(26)10-8-20/h5-10,15H,2-4,11-14,16-19H2,1H3,(H,27,33). The molecule has 0 bridgehead atoms. The second-order valence-corrected chi connectivity index (χ2v) is 9.42. The van der Waals surface area contributed by atoms with Crippen LogP contribution in [0.25, 0.3) is 0 Å². The monoisotopic (exact) mass is 504 g/mol. The Hall–Kier alpha value is -2.98. The summed E-state index contributed by atoms with van der Waals surface area (Å²) in [7, 11) is 0. The summed E-state index contributed by atoms with van der Waals surface area (Å²) in [5.74, 6) is -1.09. The summed E-state index contributed by atoms with van der Waals surface area (Å²) in [6.07, 6.45) is 2.25. The number of rotatable bonds is 12. The second-order valence-electron chi connectivity index (χ2n) is 8.39. The lowest BCUT2D eigenvalue weighted by Gasteiger charge is -2.29. The number of esters is 1. The Kier molecular flexibility index (Phi) is 10.5. The maximum atomic E-state index is 13.4. The summed E-state index contributed by atoms with van der Waals surface area (Å²) >= 11 is 1.55. The summed E-state index contributed by atoms with van der Waals surface area (Å²) < 4.78 is 18.3. The first-order valence-electron chi connectivity index (χ1n) is 11.9. The van der Waals surface area contributed by atoms with Crippen LogP contribution in [-0.4, -0.2) is 78.5 Å². The van der Waals surface area contributed by atoms with Crippen molar-refractivity contribution in [2.75, 3.05) is 45.9 Å². The van der Waals surface area contributed by atoms with Crippen molar-refractivity contribution >= 4 is 29.2 Å². The Balaban J connectivity index is 1.69. The molecule has 3 amide bonds. The number of likely N-dealkylation sites (tertiary alicyclic amines) is 1. The highest BCUT2D eigenvalue weighted by Crippen LogP contribution is 2.16. The lowest BCUT2D eigenvalue weighted by molar-refractivity contribution is -0.141. The molecule has 0 aliphatic carbocycles. The molecule has 1 saturated heterocycles. The number of thiophene rings is 1. The van der Waals surface area contributed by atoms with Gasteiger partial charge in [0.05, 0.1) is 13.2 Å². The molecule has 1 aliphatic heterocycles. The van der Waals surface area contributed by atoms with Crippen molar-refractivity contribution in [2.24, 2.45) is 0 Å². The van der Waals surface area contributed by atoms with E-state index in [4.69, 9.17) is 4.74 Å². The lowest BCUT2D eigenvalue weighted by atomic mass is 10.2. The highest BCUT2D eigenvalue weighted by atomic mass is 32.1. The second kappa shape index (κ2) is 13.8. The molecule has 2 heterocycles. The van der Waals surface area contributed by atoms with Crippen LogP contribution < -0.4 is 5.32 Å². The molecule has 1 aliphatic rings. The molecule has 2 aromatic rings.